The van der Waals surface area contributed by atoms with Crippen LogP contribution in [0, 0.1) is 5.41 Å². The molecule has 3 nitrogen and oxygen atoms in total. The molecule has 1 aliphatic carbocycles. The van der Waals surface area contributed by atoms with E-state index in [9.17, 15) is 9.59 Å². The summed E-state index contributed by atoms with van der Waals surface area (Å²) in [7, 11) is 0. The number of hydrogen-bond acceptors (Lipinski definition) is 2. The number of Topliss-reactive ketones (excluding diaryl/α,β-unsaturated/α-hetero) is 1. The van der Waals surface area contributed by atoms with Crippen molar-refractivity contribution in [1.29, 1.82) is 0 Å². The molecule has 0 atom stereocenters. The quantitative estimate of drug-likeness (QED) is 0.708. The van der Waals surface area contributed by atoms with Crippen molar-refractivity contribution in [2.45, 2.75) is 71.6 Å². The lowest BCUT2D eigenvalue weighted by atomic mass is 9.71. The van der Waals surface area contributed by atoms with Gasteiger partial charge in [-0.05, 0) is 26.2 Å². The monoisotopic (exact) mass is 253 g/mol. The van der Waals surface area contributed by atoms with Crippen LogP contribution < -0.4 is 5.32 Å². The second-order valence-electron chi connectivity index (χ2n) is 5.63. The molecule has 0 heterocycles. The molecule has 0 saturated heterocycles. The zero-order chi connectivity index (χ0) is 13.4. The molecule has 18 heavy (non-hydrogen) atoms. The van der Waals surface area contributed by atoms with Gasteiger partial charge in [0, 0.05) is 18.4 Å². The Labute approximate surface area is 111 Å². The van der Waals surface area contributed by atoms with E-state index in [4.69, 9.17) is 0 Å². The van der Waals surface area contributed by atoms with Crippen molar-refractivity contribution in [3.8, 4) is 0 Å². The zero-order valence-electron chi connectivity index (χ0n) is 11.9. The molecule has 0 unspecified atom stereocenters. The summed E-state index contributed by atoms with van der Waals surface area (Å²) < 4.78 is 0. The van der Waals surface area contributed by atoms with E-state index in [1.54, 1.807) is 6.92 Å². The Bertz CT molecular complexity index is 280. The number of nitrogens with one attached hydrogen (secondary N) is 1. The average Bonchev–Trinajstić information content (AvgIpc) is 2.37. The number of hydrogen-bond donors (Lipinski definition) is 1. The van der Waals surface area contributed by atoms with E-state index >= 15 is 0 Å². The third-order valence-electron chi connectivity index (χ3n) is 4.19. The minimum atomic E-state index is -0.265. The Kier molecular flexibility index (Phi) is 6.37. The summed E-state index contributed by atoms with van der Waals surface area (Å²) in [4.78, 5) is 23.5. The van der Waals surface area contributed by atoms with Crippen molar-refractivity contribution in [2.24, 2.45) is 5.41 Å². The SMILES string of the molecule is CCCCCC(=O)NCC1(C(C)=O)CCCCC1. The van der Waals surface area contributed by atoms with Gasteiger partial charge in [0.1, 0.15) is 5.78 Å². The summed E-state index contributed by atoms with van der Waals surface area (Å²) in [5.74, 6) is 0.353. The number of unbranched alkanes of at least 4 members (excludes halogenated alkanes) is 2. The molecule has 1 amide bonds. The van der Waals surface area contributed by atoms with Crippen LogP contribution in [0.25, 0.3) is 0 Å². The Morgan fingerprint density at radius 1 is 1.11 bits per heavy atom. The summed E-state index contributed by atoms with van der Waals surface area (Å²) in [5, 5.41) is 2.97. The highest BCUT2D eigenvalue weighted by atomic mass is 16.1. The van der Waals surface area contributed by atoms with Crippen molar-refractivity contribution in [2.75, 3.05) is 6.54 Å². The van der Waals surface area contributed by atoms with Gasteiger partial charge in [-0.3, -0.25) is 9.59 Å². The average molecular weight is 253 g/mol. The van der Waals surface area contributed by atoms with Gasteiger partial charge >= 0.3 is 0 Å². The summed E-state index contributed by atoms with van der Waals surface area (Å²) in [6.07, 6.45) is 9.12. The van der Waals surface area contributed by atoms with Crippen LogP contribution in [0.5, 0.6) is 0 Å². The summed E-state index contributed by atoms with van der Waals surface area (Å²) in [6.45, 7) is 4.35. The number of rotatable bonds is 7. The van der Waals surface area contributed by atoms with E-state index < -0.39 is 0 Å². The molecule has 1 rings (SSSR count). The second kappa shape index (κ2) is 7.55. The van der Waals surface area contributed by atoms with Crippen LogP contribution in [0.15, 0.2) is 0 Å². The first-order valence-electron chi connectivity index (χ1n) is 7.38. The van der Waals surface area contributed by atoms with E-state index in [0.29, 0.717) is 13.0 Å². The van der Waals surface area contributed by atoms with Crippen LogP contribution in [0.2, 0.25) is 0 Å². The van der Waals surface area contributed by atoms with Crippen molar-refractivity contribution in [3.05, 3.63) is 0 Å². The zero-order valence-corrected chi connectivity index (χ0v) is 11.9. The van der Waals surface area contributed by atoms with Crippen LogP contribution in [-0.4, -0.2) is 18.2 Å². The topological polar surface area (TPSA) is 46.2 Å². The predicted molar refractivity (Wildman–Crippen MR) is 73.4 cm³/mol. The molecule has 1 aliphatic rings. The third kappa shape index (κ3) is 4.43. The number of carbonyl (C=O) groups is 2. The molecule has 1 saturated carbocycles. The fourth-order valence-corrected chi connectivity index (χ4v) is 2.77. The lowest BCUT2D eigenvalue weighted by Crippen LogP contribution is -2.43. The summed E-state index contributed by atoms with van der Waals surface area (Å²) in [6, 6.07) is 0. The molecule has 0 spiro atoms. The molecular weight excluding hydrogens is 226 g/mol. The molecule has 0 aromatic rings. The highest BCUT2D eigenvalue weighted by Crippen LogP contribution is 2.36. The van der Waals surface area contributed by atoms with Gasteiger partial charge in [-0.1, -0.05) is 39.0 Å². The molecule has 0 aliphatic heterocycles. The first-order chi connectivity index (χ1) is 8.60. The van der Waals surface area contributed by atoms with E-state index in [-0.39, 0.29) is 17.1 Å². The van der Waals surface area contributed by atoms with E-state index in [1.165, 1.54) is 6.42 Å². The molecule has 1 N–H and O–H groups in total. The van der Waals surface area contributed by atoms with Gasteiger partial charge in [-0.25, -0.2) is 0 Å². The number of ketones is 1. The Morgan fingerprint density at radius 3 is 2.33 bits per heavy atom. The fraction of sp³-hybridized carbons (Fsp3) is 0.867. The molecule has 0 radical (unpaired) electrons. The maximum atomic E-state index is 11.8. The standard InChI is InChI=1S/C15H27NO2/c1-3-4-6-9-14(18)16-12-15(13(2)17)10-7-5-8-11-15/h3-12H2,1-2H3,(H,16,18). The predicted octanol–water partition coefficient (Wildman–Crippen LogP) is 3.22. The fourth-order valence-electron chi connectivity index (χ4n) is 2.77. The van der Waals surface area contributed by atoms with Crippen molar-refractivity contribution in [3.63, 3.8) is 0 Å². The molecule has 0 bridgehead atoms. The van der Waals surface area contributed by atoms with Gasteiger partial charge in [-0.15, -0.1) is 0 Å². The Hall–Kier alpha value is -0.860. The maximum absolute atomic E-state index is 11.8. The van der Waals surface area contributed by atoms with E-state index in [2.05, 4.69) is 12.2 Å². The molecule has 1 fully saturated rings. The van der Waals surface area contributed by atoms with Crippen LogP contribution in [-0.2, 0) is 9.59 Å². The first kappa shape index (κ1) is 15.2. The van der Waals surface area contributed by atoms with Crippen LogP contribution in [0.3, 0.4) is 0 Å². The molecule has 0 aromatic heterocycles. The Morgan fingerprint density at radius 2 is 1.78 bits per heavy atom. The highest BCUT2D eigenvalue weighted by Gasteiger charge is 2.36. The Balaban J connectivity index is 2.38. The first-order valence-corrected chi connectivity index (χ1v) is 7.38. The number of amides is 1. The van der Waals surface area contributed by atoms with Gasteiger partial charge in [0.05, 0.1) is 0 Å². The van der Waals surface area contributed by atoms with Crippen molar-refractivity contribution >= 4 is 11.7 Å². The molecule has 104 valence electrons. The van der Waals surface area contributed by atoms with Crippen molar-refractivity contribution in [1.82, 2.24) is 5.32 Å². The molecular formula is C15H27NO2. The largest absolute Gasteiger partial charge is 0.355 e. The second-order valence-corrected chi connectivity index (χ2v) is 5.63. The van der Waals surface area contributed by atoms with Gasteiger partial charge in [0.15, 0.2) is 0 Å². The van der Waals surface area contributed by atoms with E-state index in [0.717, 1.165) is 44.9 Å². The smallest absolute Gasteiger partial charge is 0.220 e. The minimum absolute atomic E-state index is 0.106. The molecule has 3 heteroatoms. The number of carbonyl (C=O) groups excluding carboxylic acids is 2. The normalized spacial score (nSPS) is 18.3. The summed E-state index contributed by atoms with van der Waals surface area (Å²) >= 11 is 0. The highest BCUT2D eigenvalue weighted by molar-refractivity contribution is 5.84. The van der Waals surface area contributed by atoms with E-state index in [1.807, 2.05) is 0 Å². The molecule has 0 aromatic carbocycles. The summed E-state index contributed by atoms with van der Waals surface area (Å²) in [5.41, 5.74) is -0.265. The lowest BCUT2D eigenvalue weighted by molar-refractivity contribution is -0.129. The van der Waals surface area contributed by atoms with Crippen molar-refractivity contribution < 1.29 is 9.59 Å². The van der Waals surface area contributed by atoms with Crippen LogP contribution in [0.4, 0.5) is 0 Å². The van der Waals surface area contributed by atoms with Gasteiger partial charge in [0.25, 0.3) is 0 Å². The van der Waals surface area contributed by atoms with Gasteiger partial charge in [0.2, 0.25) is 5.91 Å². The maximum Gasteiger partial charge on any atom is 0.220 e. The van der Waals surface area contributed by atoms with Crippen LogP contribution >= 0.6 is 0 Å². The van der Waals surface area contributed by atoms with Crippen LogP contribution in [0.1, 0.15) is 71.6 Å². The van der Waals surface area contributed by atoms with Gasteiger partial charge in [-0.2, -0.15) is 0 Å². The van der Waals surface area contributed by atoms with Gasteiger partial charge < -0.3 is 5.32 Å². The third-order valence-corrected chi connectivity index (χ3v) is 4.19. The minimum Gasteiger partial charge on any atom is -0.355 e. The lowest BCUT2D eigenvalue weighted by Gasteiger charge is -2.35.